The van der Waals surface area contributed by atoms with Crippen molar-refractivity contribution in [2.75, 3.05) is 6.61 Å². The number of carbonyl (C=O) groups is 2. The van der Waals surface area contributed by atoms with Gasteiger partial charge in [0.15, 0.2) is 0 Å². The summed E-state index contributed by atoms with van der Waals surface area (Å²) in [6.07, 6.45) is 5.99. The SMILES string of the molecule is CCCCC(CC)COC(=O)/C=C\C(=O)O.[Cl-]. The molecule has 0 heterocycles. The Labute approximate surface area is 108 Å². The minimum absolute atomic E-state index is 0. The van der Waals surface area contributed by atoms with E-state index in [9.17, 15) is 9.59 Å². The predicted octanol–water partition coefficient (Wildman–Crippen LogP) is -0.609. The van der Waals surface area contributed by atoms with Gasteiger partial charge < -0.3 is 22.3 Å². The molecule has 0 aliphatic rings. The first-order valence-corrected chi connectivity index (χ1v) is 5.67. The first-order chi connectivity index (χ1) is 7.60. The fourth-order valence-corrected chi connectivity index (χ4v) is 1.29. The molecule has 0 aliphatic heterocycles. The van der Waals surface area contributed by atoms with Gasteiger partial charge in [-0.05, 0) is 12.3 Å². The Kier molecular flexibility index (Phi) is 12.4. The maximum Gasteiger partial charge on any atom is 0.331 e. The maximum absolute atomic E-state index is 11.1. The van der Waals surface area contributed by atoms with Crippen LogP contribution in [-0.2, 0) is 14.3 Å². The molecule has 0 aliphatic carbocycles. The molecular formula is C12H20ClO4-. The highest BCUT2D eigenvalue weighted by Gasteiger charge is 2.08. The number of rotatable bonds is 8. The quantitative estimate of drug-likeness (QED) is 0.469. The molecule has 0 radical (unpaired) electrons. The van der Waals surface area contributed by atoms with Gasteiger partial charge in [0.25, 0.3) is 0 Å². The normalized spacial score (nSPS) is 11.9. The lowest BCUT2D eigenvalue weighted by atomic mass is 10.0. The van der Waals surface area contributed by atoms with Crippen LogP contribution in [0.4, 0.5) is 0 Å². The van der Waals surface area contributed by atoms with Gasteiger partial charge in [0.05, 0.1) is 6.61 Å². The Balaban J connectivity index is 0. The van der Waals surface area contributed by atoms with E-state index in [0.717, 1.165) is 37.8 Å². The number of esters is 1. The highest BCUT2D eigenvalue weighted by Crippen LogP contribution is 2.12. The number of unbranched alkanes of at least 4 members (excludes halogenated alkanes) is 1. The molecule has 0 saturated heterocycles. The third-order valence-corrected chi connectivity index (χ3v) is 2.37. The number of carboxylic acids is 1. The predicted molar refractivity (Wildman–Crippen MR) is 61.0 cm³/mol. The van der Waals surface area contributed by atoms with Crippen LogP contribution in [0, 0.1) is 5.92 Å². The molecule has 0 saturated carbocycles. The zero-order valence-corrected chi connectivity index (χ0v) is 11.1. The summed E-state index contributed by atoms with van der Waals surface area (Å²) in [5.41, 5.74) is 0. The van der Waals surface area contributed by atoms with Crippen LogP contribution in [0.1, 0.15) is 39.5 Å². The minimum atomic E-state index is -1.14. The van der Waals surface area contributed by atoms with Gasteiger partial charge in [0.1, 0.15) is 0 Å². The van der Waals surface area contributed by atoms with Crippen molar-refractivity contribution >= 4 is 11.9 Å². The van der Waals surface area contributed by atoms with Gasteiger partial charge in [-0.15, -0.1) is 0 Å². The van der Waals surface area contributed by atoms with E-state index >= 15 is 0 Å². The van der Waals surface area contributed by atoms with Gasteiger partial charge in [0, 0.05) is 12.2 Å². The lowest BCUT2D eigenvalue weighted by Gasteiger charge is -2.13. The lowest BCUT2D eigenvalue weighted by molar-refractivity contribution is -0.140. The number of ether oxygens (including phenoxy) is 1. The van der Waals surface area contributed by atoms with Crippen molar-refractivity contribution in [3.05, 3.63) is 12.2 Å². The van der Waals surface area contributed by atoms with E-state index in [1.165, 1.54) is 0 Å². The maximum atomic E-state index is 11.1. The Morgan fingerprint density at radius 2 is 1.94 bits per heavy atom. The zero-order valence-electron chi connectivity index (χ0n) is 10.3. The molecule has 0 aromatic carbocycles. The number of aliphatic carboxylic acids is 1. The Hall–Kier alpha value is -1.03. The largest absolute Gasteiger partial charge is 1.00 e. The third kappa shape index (κ3) is 11.2. The van der Waals surface area contributed by atoms with E-state index in [-0.39, 0.29) is 12.4 Å². The fraction of sp³-hybridized carbons (Fsp3) is 0.667. The van der Waals surface area contributed by atoms with E-state index in [1.54, 1.807) is 0 Å². The summed E-state index contributed by atoms with van der Waals surface area (Å²) in [6, 6.07) is 0. The summed E-state index contributed by atoms with van der Waals surface area (Å²) in [7, 11) is 0. The molecule has 0 aromatic rings. The molecule has 0 aromatic heterocycles. The van der Waals surface area contributed by atoms with E-state index in [0.29, 0.717) is 12.5 Å². The molecular weight excluding hydrogens is 244 g/mol. The van der Waals surface area contributed by atoms with Crippen LogP contribution >= 0.6 is 0 Å². The van der Waals surface area contributed by atoms with Crippen molar-refractivity contribution in [3.8, 4) is 0 Å². The van der Waals surface area contributed by atoms with Crippen molar-refractivity contribution < 1.29 is 31.8 Å². The molecule has 0 amide bonds. The standard InChI is InChI=1S/C12H20O4.ClH/c1-3-5-6-10(4-2)9-16-12(15)8-7-11(13)14;/h7-8,10H,3-6,9H2,1-2H3,(H,13,14);1H/p-1/b8-7-;. The summed E-state index contributed by atoms with van der Waals surface area (Å²) >= 11 is 0. The minimum Gasteiger partial charge on any atom is -1.00 e. The summed E-state index contributed by atoms with van der Waals surface area (Å²) in [5, 5.41) is 8.31. The van der Waals surface area contributed by atoms with Gasteiger partial charge in [-0.1, -0.05) is 33.1 Å². The van der Waals surface area contributed by atoms with Crippen LogP contribution in [0.3, 0.4) is 0 Å². The highest BCUT2D eigenvalue weighted by atomic mass is 35.5. The lowest BCUT2D eigenvalue weighted by Crippen LogP contribution is -3.00. The number of hydrogen-bond acceptors (Lipinski definition) is 3. The second-order valence-corrected chi connectivity index (χ2v) is 3.72. The molecule has 4 nitrogen and oxygen atoms in total. The van der Waals surface area contributed by atoms with Crippen LogP contribution in [-0.4, -0.2) is 23.7 Å². The zero-order chi connectivity index (χ0) is 12.4. The summed E-state index contributed by atoms with van der Waals surface area (Å²) in [6.45, 7) is 4.55. The molecule has 1 unspecified atom stereocenters. The fourth-order valence-electron chi connectivity index (χ4n) is 1.29. The second-order valence-electron chi connectivity index (χ2n) is 3.72. The average molecular weight is 264 g/mol. The van der Waals surface area contributed by atoms with Crippen LogP contribution < -0.4 is 12.4 Å². The second kappa shape index (κ2) is 11.5. The van der Waals surface area contributed by atoms with Gasteiger partial charge in [-0.25, -0.2) is 9.59 Å². The van der Waals surface area contributed by atoms with Crippen LogP contribution in [0.25, 0.3) is 0 Å². The first kappa shape index (κ1) is 18.3. The summed E-state index contributed by atoms with van der Waals surface area (Å²) in [5.74, 6) is -1.35. The topological polar surface area (TPSA) is 63.6 Å². The van der Waals surface area contributed by atoms with Gasteiger partial charge >= 0.3 is 11.9 Å². The molecule has 0 rings (SSSR count). The molecule has 17 heavy (non-hydrogen) atoms. The van der Waals surface area contributed by atoms with Gasteiger partial charge in [0.2, 0.25) is 0 Å². The monoisotopic (exact) mass is 263 g/mol. The third-order valence-electron chi connectivity index (χ3n) is 2.37. The van der Waals surface area contributed by atoms with E-state index in [4.69, 9.17) is 9.84 Å². The highest BCUT2D eigenvalue weighted by molar-refractivity contribution is 5.90. The van der Waals surface area contributed by atoms with E-state index in [2.05, 4.69) is 13.8 Å². The average Bonchev–Trinajstić information content (AvgIpc) is 2.26. The van der Waals surface area contributed by atoms with Crippen molar-refractivity contribution in [2.45, 2.75) is 39.5 Å². The van der Waals surface area contributed by atoms with Crippen molar-refractivity contribution in [2.24, 2.45) is 5.92 Å². The Bertz CT molecular complexity index is 251. The van der Waals surface area contributed by atoms with Crippen LogP contribution in [0.2, 0.25) is 0 Å². The Morgan fingerprint density at radius 1 is 1.29 bits per heavy atom. The molecule has 0 bridgehead atoms. The smallest absolute Gasteiger partial charge is 0.331 e. The first-order valence-electron chi connectivity index (χ1n) is 5.67. The molecule has 0 fully saturated rings. The number of carbonyl (C=O) groups excluding carboxylic acids is 1. The van der Waals surface area contributed by atoms with Crippen LogP contribution in [0.5, 0.6) is 0 Å². The van der Waals surface area contributed by atoms with E-state index < -0.39 is 11.9 Å². The van der Waals surface area contributed by atoms with Gasteiger partial charge in [-0.2, -0.15) is 0 Å². The van der Waals surface area contributed by atoms with Crippen molar-refractivity contribution in [3.63, 3.8) is 0 Å². The molecule has 5 heteroatoms. The molecule has 0 spiro atoms. The van der Waals surface area contributed by atoms with Crippen molar-refractivity contribution in [1.82, 2.24) is 0 Å². The molecule has 1 N–H and O–H groups in total. The van der Waals surface area contributed by atoms with Crippen LogP contribution in [0.15, 0.2) is 12.2 Å². The van der Waals surface area contributed by atoms with E-state index in [1.807, 2.05) is 0 Å². The summed E-state index contributed by atoms with van der Waals surface area (Å²) < 4.78 is 4.95. The summed E-state index contributed by atoms with van der Waals surface area (Å²) in [4.78, 5) is 21.2. The van der Waals surface area contributed by atoms with Crippen molar-refractivity contribution in [1.29, 1.82) is 0 Å². The number of hydrogen-bond donors (Lipinski definition) is 1. The van der Waals surface area contributed by atoms with Gasteiger partial charge in [-0.3, -0.25) is 0 Å². The molecule has 100 valence electrons. The Morgan fingerprint density at radius 3 is 2.41 bits per heavy atom. The number of carboxylic acid groups (broad SMARTS) is 1. The number of halogens is 1. The molecule has 1 atom stereocenters.